The van der Waals surface area contributed by atoms with Gasteiger partial charge in [-0.15, -0.1) is 5.10 Å². The Bertz CT molecular complexity index is 866. The highest BCUT2D eigenvalue weighted by molar-refractivity contribution is 5.49. The smallest absolute Gasteiger partial charge is 0.202 e. The maximum absolute atomic E-state index is 5.68. The molecule has 0 N–H and O–H groups in total. The second-order valence-electron chi connectivity index (χ2n) is 4.70. The molecule has 114 valence electrons. The van der Waals surface area contributed by atoms with Crippen LogP contribution in [0.3, 0.4) is 0 Å². The minimum Gasteiger partial charge on any atom is -0.487 e. The van der Waals surface area contributed by atoms with Crippen LogP contribution >= 0.6 is 0 Å². The first-order valence-corrected chi connectivity index (χ1v) is 6.84. The highest BCUT2D eigenvalue weighted by Gasteiger charge is 2.09. The van der Waals surface area contributed by atoms with Crippen molar-refractivity contribution in [1.82, 2.24) is 25.4 Å². The van der Waals surface area contributed by atoms with Crippen molar-refractivity contribution in [2.24, 2.45) is 0 Å². The molecule has 0 spiro atoms. The molecule has 0 radical (unpaired) electrons. The second-order valence-corrected chi connectivity index (χ2v) is 4.70. The topological polar surface area (TPSA) is 92.0 Å². The van der Waals surface area contributed by atoms with Crippen LogP contribution < -0.4 is 4.74 Å². The van der Waals surface area contributed by atoms with Crippen LogP contribution in [0.25, 0.3) is 17.2 Å². The van der Waals surface area contributed by atoms with E-state index in [1.54, 1.807) is 23.1 Å². The van der Waals surface area contributed by atoms with Crippen molar-refractivity contribution in [2.75, 3.05) is 0 Å². The molecule has 3 aromatic heterocycles. The Kier molecular flexibility index (Phi) is 3.32. The number of furan rings is 1. The van der Waals surface area contributed by atoms with Crippen molar-refractivity contribution < 1.29 is 13.7 Å². The van der Waals surface area contributed by atoms with Gasteiger partial charge < -0.3 is 13.7 Å². The fourth-order valence-corrected chi connectivity index (χ4v) is 2.05. The molecular weight excluding hydrogens is 298 g/mol. The molecule has 4 aromatic rings. The van der Waals surface area contributed by atoms with Crippen LogP contribution in [-0.2, 0) is 6.61 Å². The Morgan fingerprint density at radius 2 is 2.00 bits per heavy atom. The van der Waals surface area contributed by atoms with Gasteiger partial charge in [-0.2, -0.15) is 0 Å². The Hall–Kier alpha value is -3.42. The van der Waals surface area contributed by atoms with E-state index in [-0.39, 0.29) is 0 Å². The number of aromatic nitrogens is 5. The van der Waals surface area contributed by atoms with Gasteiger partial charge in [0.2, 0.25) is 5.76 Å². The summed E-state index contributed by atoms with van der Waals surface area (Å²) in [7, 11) is 0. The van der Waals surface area contributed by atoms with Crippen molar-refractivity contribution in [2.45, 2.75) is 6.61 Å². The second kappa shape index (κ2) is 5.76. The van der Waals surface area contributed by atoms with Crippen molar-refractivity contribution in [3.8, 4) is 23.0 Å². The molecule has 0 unspecified atom stereocenters. The quantitative estimate of drug-likeness (QED) is 0.559. The number of hydrogen-bond donors (Lipinski definition) is 0. The fraction of sp³-hybridized carbons (Fsp3) is 0.0667. The molecular formula is C15H11N5O3. The Balaban J connectivity index is 1.41. The first-order valence-electron chi connectivity index (χ1n) is 6.84. The molecule has 0 saturated heterocycles. The Labute approximate surface area is 130 Å². The van der Waals surface area contributed by atoms with Crippen LogP contribution in [0.2, 0.25) is 0 Å². The molecule has 0 aliphatic heterocycles. The van der Waals surface area contributed by atoms with Gasteiger partial charge in [0, 0.05) is 6.07 Å². The van der Waals surface area contributed by atoms with E-state index in [2.05, 4.69) is 20.7 Å². The minimum atomic E-state index is 0.300. The molecule has 0 aliphatic rings. The van der Waals surface area contributed by atoms with E-state index in [0.717, 1.165) is 5.69 Å². The molecule has 0 saturated carbocycles. The zero-order chi connectivity index (χ0) is 15.5. The monoisotopic (exact) mass is 309 g/mol. The molecule has 0 fully saturated rings. The number of ether oxygens (including phenoxy) is 1. The number of rotatable bonds is 5. The van der Waals surface area contributed by atoms with Crippen molar-refractivity contribution >= 4 is 0 Å². The summed E-state index contributed by atoms with van der Waals surface area (Å²) < 4.78 is 17.7. The van der Waals surface area contributed by atoms with E-state index in [4.69, 9.17) is 13.7 Å². The lowest BCUT2D eigenvalue weighted by Gasteiger charge is -2.04. The normalized spacial score (nSPS) is 10.8. The van der Waals surface area contributed by atoms with E-state index >= 15 is 0 Å². The van der Waals surface area contributed by atoms with Crippen molar-refractivity contribution in [3.63, 3.8) is 0 Å². The lowest BCUT2D eigenvalue weighted by Crippen LogP contribution is -1.97. The van der Waals surface area contributed by atoms with Gasteiger partial charge in [0.05, 0.1) is 12.0 Å². The summed E-state index contributed by atoms with van der Waals surface area (Å²) in [6.45, 7) is 0.300. The fourth-order valence-electron chi connectivity index (χ4n) is 2.05. The van der Waals surface area contributed by atoms with Crippen LogP contribution in [0.4, 0.5) is 0 Å². The van der Waals surface area contributed by atoms with Crippen LogP contribution in [0.1, 0.15) is 5.69 Å². The summed E-state index contributed by atoms with van der Waals surface area (Å²) >= 11 is 0. The van der Waals surface area contributed by atoms with Gasteiger partial charge in [-0.1, -0.05) is 5.16 Å². The summed E-state index contributed by atoms with van der Waals surface area (Å²) in [5, 5.41) is 15.0. The average molecular weight is 309 g/mol. The maximum Gasteiger partial charge on any atom is 0.202 e. The standard InChI is InChI=1S/C15H11N5O3/c1-2-14(21-7-1)15-8-11(17-23-15)9-22-13-5-3-12(4-6-13)20-10-16-18-19-20/h1-8,10H,9H2. The van der Waals surface area contributed by atoms with Crippen LogP contribution in [0.15, 0.2) is 64.0 Å². The van der Waals surface area contributed by atoms with E-state index in [1.807, 2.05) is 30.3 Å². The van der Waals surface area contributed by atoms with E-state index in [0.29, 0.717) is 29.6 Å². The molecule has 8 heteroatoms. The van der Waals surface area contributed by atoms with Crippen molar-refractivity contribution in [3.05, 3.63) is 60.7 Å². The summed E-state index contributed by atoms with van der Waals surface area (Å²) in [6, 6.07) is 12.8. The predicted octanol–water partition coefficient (Wildman–Crippen LogP) is 2.49. The SMILES string of the molecule is c1coc(-c2cc(COc3ccc(-n4cnnn4)cc3)no2)c1. The molecule has 4 rings (SSSR count). The van der Waals surface area contributed by atoms with Crippen LogP contribution in [0, 0.1) is 0 Å². The van der Waals surface area contributed by atoms with Gasteiger partial charge >= 0.3 is 0 Å². The van der Waals surface area contributed by atoms with Gasteiger partial charge in [-0.3, -0.25) is 0 Å². The lowest BCUT2D eigenvalue weighted by molar-refractivity contribution is 0.289. The molecule has 0 amide bonds. The summed E-state index contributed by atoms with van der Waals surface area (Å²) in [5.74, 6) is 1.92. The molecule has 0 aliphatic carbocycles. The predicted molar refractivity (Wildman–Crippen MR) is 77.7 cm³/mol. The number of hydrogen-bond acceptors (Lipinski definition) is 7. The average Bonchev–Trinajstić information content (AvgIpc) is 3.35. The maximum atomic E-state index is 5.68. The Morgan fingerprint density at radius 3 is 2.74 bits per heavy atom. The summed E-state index contributed by atoms with van der Waals surface area (Å²) in [6.07, 6.45) is 3.11. The third kappa shape index (κ3) is 2.82. The highest BCUT2D eigenvalue weighted by Crippen LogP contribution is 2.21. The van der Waals surface area contributed by atoms with Gasteiger partial charge in [-0.05, 0) is 46.8 Å². The molecule has 1 aromatic carbocycles. The summed E-state index contributed by atoms with van der Waals surface area (Å²) in [4.78, 5) is 0. The summed E-state index contributed by atoms with van der Waals surface area (Å²) in [5.41, 5.74) is 1.53. The van der Waals surface area contributed by atoms with E-state index < -0.39 is 0 Å². The number of tetrazole rings is 1. The number of benzene rings is 1. The third-order valence-corrected chi connectivity index (χ3v) is 3.16. The van der Waals surface area contributed by atoms with Crippen LogP contribution in [0.5, 0.6) is 5.75 Å². The van der Waals surface area contributed by atoms with E-state index in [9.17, 15) is 0 Å². The highest BCUT2D eigenvalue weighted by atomic mass is 16.5. The van der Waals surface area contributed by atoms with E-state index in [1.165, 1.54) is 6.33 Å². The van der Waals surface area contributed by atoms with Gasteiger partial charge in [0.15, 0.2) is 5.76 Å². The molecule has 8 nitrogen and oxygen atoms in total. The molecule has 23 heavy (non-hydrogen) atoms. The van der Waals surface area contributed by atoms with Crippen LogP contribution in [-0.4, -0.2) is 25.4 Å². The zero-order valence-electron chi connectivity index (χ0n) is 11.9. The number of nitrogens with zero attached hydrogens (tertiary/aromatic N) is 5. The zero-order valence-corrected chi connectivity index (χ0v) is 11.9. The molecule has 0 atom stereocenters. The molecule has 0 bridgehead atoms. The largest absolute Gasteiger partial charge is 0.487 e. The minimum absolute atomic E-state index is 0.300. The van der Waals surface area contributed by atoms with Gasteiger partial charge in [0.25, 0.3) is 0 Å². The third-order valence-electron chi connectivity index (χ3n) is 3.16. The van der Waals surface area contributed by atoms with Gasteiger partial charge in [0.1, 0.15) is 24.4 Å². The first kappa shape index (κ1) is 13.3. The first-order chi connectivity index (χ1) is 11.4. The lowest BCUT2D eigenvalue weighted by atomic mass is 10.3. The van der Waals surface area contributed by atoms with Gasteiger partial charge in [-0.25, -0.2) is 4.68 Å². The molecule has 3 heterocycles. The Morgan fingerprint density at radius 1 is 1.09 bits per heavy atom. The van der Waals surface area contributed by atoms with Crippen molar-refractivity contribution in [1.29, 1.82) is 0 Å².